The zero-order valence-corrected chi connectivity index (χ0v) is 11.5. The molecule has 0 aliphatic rings. The number of halogens is 4. The summed E-state index contributed by atoms with van der Waals surface area (Å²) in [5.74, 6) is -1.06. The molecule has 2 rings (SSSR count). The first-order valence-corrected chi connectivity index (χ1v) is 6.18. The molecule has 6 heteroatoms. The first-order chi connectivity index (χ1) is 8.06. The molecule has 0 atom stereocenters. The zero-order chi connectivity index (χ0) is 12.4. The minimum absolute atomic E-state index is 0.0191. The third-order valence-corrected chi connectivity index (χ3v) is 2.92. The molecular weight excluding hydrogens is 358 g/mol. The normalized spacial score (nSPS) is 10.4. The highest BCUT2D eigenvalue weighted by molar-refractivity contribution is 9.10. The summed E-state index contributed by atoms with van der Waals surface area (Å²) in [6, 6.07) is 5.70. The largest absolute Gasteiger partial charge is 0.335 e. The van der Waals surface area contributed by atoms with E-state index in [1.54, 1.807) is 6.07 Å². The molecule has 1 aromatic carbocycles. The van der Waals surface area contributed by atoms with E-state index in [-0.39, 0.29) is 11.5 Å². The van der Waals surface area contributed by atoms with Crippen molar-refractivity contribution in [3.05, 3.63) is 51.0 Å². The van der Waals surface area contributed by atoms with Gasteiger partial charge in [0, 0.05) is 15.1 Å². The highest BCUT2D eigenvalue weighted by atomic mass is 79.9. The Morgan fingerprint density at radius 3 is 2.35 bits per heavy atom. The Labute approximate surface area is 113 Å². The van der Waals surface area contributed by atoms with Crippen LogP contribution in [0.2, 0.25) is 0 Å². The number of hydrogen-bond donors (Lipinski definition) is 1. The van der Waals surface area contributed by atoms with Crippen LogP contribution in [0.3, 0.4) is 0 Å². The summed E-state index contributed by atoms with van der Waals surface area (Å²) in [5.41, 5.74) is 0.168. The van der Waals surface area contributed by atoms with Crippen molar-refractivity contribution in [2.45, 2.75) is 0 Å². The number of pyridine rings is 1. The number of benzene rings is 1. The molecule has 0 spiro atoms. The summed E-state index contributed by atoms with van der Waals surface area (Å²) in [6.45, 7) is 0. The summed E-state index contributed by atoms with van der Waals surface area (Å²) in [4.78, 5) is 3.83. The van der Waals surface area contributed by atoms with Crippen LogP contribution in [0, 0.1) is 11.6 Å². The van der Waals surface area contributed by atoms with Crippen LogP contribution in [-0.2, 0) is 0 Å². The number of anilines is 2. The molecule has 1 aromatic heterocycles. The second kappa shape index (κ2) is 5.10. The Bertz CT molecular complexity index is 512. The van der Waals surface area contributed by atoms with Crippen LogP contribution < -0.4 is 5.32 Å². The molecule has 1 heterocycles. The summed E-state index contributed by atoms with van der Waals surface area (Å²) < 4.78 is 28.1. The molecule has 0 saturated carbocycles. The molecular formula is C11H6Br2F2N2. The Balaban J connectivity index is 2.31. The fraction of sp³-hybridized carbons (Fsp3) is 0. The zero-order valence-electron chi connectivity index (χ0n) is 8.35. The summed E-state index contributed by atoms with van der Waals surface area (Å²) in [5, 5.41) is 2.59. The molecule has 0 unspecified atom stereocenters. The molecule has 0 amide bonds. The van der Waals surface area contributed by atoms with Gasteiger partial charge in [0.15, 0.2) is 11.6 Å². The van der Waals surface area contributed by atoms with Crippen molar-refractivity contribution >= 4 is 43.4 Å². The van der Waals surface area contributed by atoms with Crippen LogP contribution in [-0.4, -0.2) is 4.98 Å². The van der Waals surface area contributed by atoms with Crippen molar-refractivity contribution in [2.24, 2.45) is 0 Å². The molecule has 0 saturated heterocycles. The number of nitrogens with zero attached hydrogens (tertiary/aromatic N) is 1. The minimum Gasteiger partial charge on any atom is -0.335 e. The van der Waals surface area contributed by atoms with Crippen molar-refractivity contribution < 1.29 is 8.78 Å². The third kappa shape index (κ3) is 3.01. The van der Waals surface area contributed by atoms with Crippen LogP contribution >= 0.6 is 31.9 Å². The summed E-state index contributed by atoms with van der Waals surface area (Å²) in [6.07, 6.45) is 1.43. The van der Waals surface area contributed by atoms with E-state index in [1.165, 1.54) is 24.4 Å². The number of rotatable bonds is 2. The number of hydrogen-bond acceptors (Lipinski definition) is 2. The van der Waals surface area contributed by atoms with Gasteiger partial charge < -0.3 is 5.32 Å². The second-order valence-electron chi connectivity index (χ2n) is 3.23. The van der Waals surface area contributed by atoms with E-state index in [4.69, 9.17) is 0 Å². The fourth-order valence-electron chi connectivity index (χ4n) is 1.22. The average Bonchev–Trinajstić information content (AvgIpc) is 2.25. The molecule has 88 valence electrons. The quantitative estimate of drug-likeness (QED) is 0.841. The van der Waals surface area contributed by atoms with Gasteiger partial charge in [0.05, 0.1) is 5.69 Å². The van der Waals surface area contributed by atoms with Gasteiger partial charge in [-0.25, -0.2) is 13.8 Å². The van der Waals surface area contributed by atoms with E-state index in [0.29, 0.717) is 8.95 Å². The highest BCUT2D eigenvalue weighted by Crippen LogP contribution is 2.24. The van der Waals surface area contributed by atoms with Crippen LogP contribution in [0.5, 0.6) is 0 Å². The average molecular weight is 364 g/mol. The van der Waals surface area contributed by atoms with Gasteiger partial charge in [-0.15, -0.1) is 0 Å². The van der Waals surface area contributed by atoms with Gasteiger partial charge in [0.2, 0.25) is 0 Å². The van der Waals surface area contributed by atoms with Gasteiger partial charge in [-0.05, 0) is 40.2 Å². The molecule has 0 aliphatic carbocycles. The first-order valence-electron chi connectivity index (χ1n) is 4.59. The van der Waals surface area contributed by atoms with Crippen molar-refractivity contribution in [1.29, 1.82) is 0 Å². The standard InChI is InChI=1S/C11H6Br2F2N2/c12-6-1-2-10(8(14)3-6)17-11-9(15)4-7(13)5-16-11/h1-5H,(H,16,17). The Kier molecular flexibility index (Phi) is 3.73. The maximum Gasteiger partial charge on any atom is 0.166 e. The van der Waals surface area contributed by atoms with Gasteiger partial charge in [0.25, 0.3) is 0 Å². The second-order valence-corrected chi connectivity index (χ2v) is 5.06. The third-order valence-electron chi connectivity index (χ3n) is 1.99. The molecule has 0 fully saturated rings. The maximum absolute atomic E-state index is 13.5. The van der Waals surface area contributed by atoms with E-state index in [0.717, 1.165) is 0 Å². The van der Waals surface area contributed by atoms with E-state index in [9.17, 15) is 8.78 Å². The van der Waals surface area contributed by atoms with Gasteiger partial charge in [-0.2, -0.15) is 0 Å². The molecule has 17 heavy (non-hydrogen) atoms. The SMILES string of the molecule is Fc1cc(Br)ccc1Nc1ncc(Br)cc1F. The van der Waals surface area contributed by atoms with E-state index < -0.39 is 11.6 Å². The van der Waals surface area contributed by atoms with Crippen molar-refractivity contribution in [1.82, 2.24) is 4.98 Å². The minimum atomic E-state index is -0.554. The number of aromatic nitrogens is 1. The summed E-state index contributed by atoms with van der Waals surface area (Å²) in [7, 11) is 0. The van der Waals surface area contributed by atoms with Gasteiger partial charge in [0.1, 0.15) is 5.82 Å². The first kappa shape index (κ1) is 12.4. The lowest BCUT2D eigenvalue weighted by molar-refractivity contribution is 0.620. The molecule has 0 radical (unpaired) electrons. The lowest BCUT2D eigenvalue weighted by Crippen LogP contribution is -1.99. The predicted octanol–water partition coefficient (Wildman–Crippen LogP) is 4.63. The molecule has 1 N–H and O–H groups in total. The van der Waals surface area contributed by atoms with Crippen molar-refractivity contribution in [3.8, 4) is 0 Å². The van der Waals surface area contributed by atoms with Crippen molar-refractivity contribution in [3.63, 3.8) is 0 Å². The molecule has 2 nitrogen and oxygen atoms in total. The van der Waals surface area contributed by atoms with Crippen molar-refractivity contribution in [2.75, 3.05) is 5.32 Å². The fourth-order valence-corrected chi connectivity index (χ4v) is 1.86. The number of nitrogens with one attached hydrogen (secondary N) is 1. The molecule has 0 aliphatic heterocycles. The Morgan fingerprint density at radius 1 is 1.00 bits per heavy atom. The lowest BCUT2D eigenvalue weighted by atomic mass is 10.3. The topological polar surface area (TPSA) is 24.9 Å². The lowest BCUT2D eigenvalue weighted by Gasteiger charge is -2.07. The Hall–Kier alpha value is -1.01. The van der Waals surface area contributed by atoms with Crippen LogP contribution in [0.4, 0.5) is 20.3 Å². The van der Waals surface area contributed by atoms with Crippen LogP contribution in [0.15, 0.2) is 39.4 Å². The van der Waals surface area contributed by atoms with Gasteiger partial charge >= 0.3 is 0 Å². The van der Waals surface area contributed by atoms with Crippen LogP contribution in [0.25, 0.3) is 0 Å². The van der Waals surface area contributed by atoms with Crippen LogP contribution in [0.1, 0.15) is 0 Å². The summed E-state index contributed by atoms with van der Waals surface area (Å²) >= 11 is 6.24. The maximum atomic E-state index is 13.5. The molecule has 2 aromatic rings. The van der Waals surface area contributed by atoms with E-state index >= 15 is 0 Å². The van der Waals surface area contributed by atoms with Gasteiger partial charge in [-0.3, -0.25) is 0 Å². The molecule has 0 bridgehead atoms. The van der Waals surface area contributed by atoms with E-state index in [2.05, 4.69) is 42.2 Å². The Morgan fingerprint density at radius 2 is 1.71 bits per heavy atom. The smallest absolute Gasteiger partial charge is 0.166 e. The van der Waals surface area contributed by atoms with Gasteiger partial charge in [-0.1, -0.05) is 15.9 Å². The predicted molar refractivity (Wildman–Crippen MR) is 69.3 cm³/mol. The van der Waals surface area contributed by atoms with E-state index in [1.807, 2.05) is 0 Å². The monoisotopic (exact) mass is 362 g/mol. The highest BCUT2D eigenvalue weighted by Gasteiger charge is 2.08.